The lowest BCUT2D eigenvalue weighted by Gasteiger charge is -2.41. The quantitative estimate of drug-likeness (QED) is 0.481. The molecule has 0 radical (unpaired) electrons. The fraction of sp³-hybridized carbons (Fsp3) is 1.00. The van der Waals surface area contributed by atoms with Crippen molar-refractivity contribution in [3.05, 3.63) is 0 Å². The Labute approximate surface area is 104 Å². The molecular weight excluding hydrogens is 192 g/mol. The Morgan fingerprint density at radius 3 is 0.875 bits per heavy atom. The Morgan fingerprint density at radius 2 is 0.750 bits per heavy atom. The van der Waals surface area contributed by atoms with Crippen molar-refractivity contribution in [1.29, 1.82) is 0 Å². The average molecular weight is 226 g/mol. The van der Waals surface area contributed by atoms with Gasteiger partial charge in [-0.15, -0.1) is 0 Å². The largest absolute Gasteiger partial charge is 0.0683 e. The zero-order valence-corrected chi connectivity index (χ0v) is 13.0. The second kappa shape index (κ2) is 6.07. The van der Waals surface area contributed by atoms with Gasteiger partial charge < -0.3 is 0 Å². The number of rotatable bonds is 0. The van der Waals surface area contributed by atoms with Crippen LogP contribution in [0.4, 0.5) is 0 Å². The summed E-state index contributed by atoms with van der Waals surface area (Å²) in [6.45, 7) is 18.4. The molecule has 98 valence electrons. The van der Waals surface area contributed by atoms with Gasteiger partial charge in [0.25, 0.3) is 0 Å². The molecule has 16 heavy (non-hydrogen) atoms. The molecule has 0 nitrogen and oxygen atoms in total. The van der Waals surface area contributed by atoms with Crippen molar-refractivity contribution in [3.8, 4) is 0 Å². The fourth-order valence-electron chi connectivity index (χ4n) is 2.83. The highest BCUT2D eigenvalue weighted by Gasteiger charge is 2.33. The van der Waals surface area contributed by atoms with Gasteiger partial charge in [0.15, 0.2) is 0 Å². The first-order chi connectivity index (χ1) is 7.21. The lowest BCUT2D eigenvalue weighted by Crippen LogP contribution is -2.30. The van der Waals surface area contributed by atoms with Crippen LogP contribution in [0.1, 0.15) is 81.1 Å². The van der Waals surface area contributed by atoms with Crippen molar-refractivity contribution >= 4 is 0 Å². The van der Waals surface area contributed by atoms with E-state index >= 15 is 0 Å². The summed E-state index contributed by atoms with van der Waals surface area (Å²) < 4.78 is 0. The molecule has 0 unspecified atom stereocenters. The van der Waals surface area contributed by atoms with E-state index in [2.05, 4.69) is 41.5 Å². The van der Waals surface area contributed by atoms with Crippen molar-refractivity contribution in [2.45, 2.75) is 81.1 Å². The summed E-state index contributed by atoms with van der Waals surface area (Å²) in [7, 11) is 0. The molecule has 1 fully saturated rings. The summed E-state index contributed by atoms with van der Waals surface area (Å²) in [5, 5.41) is 0. The van der Waals surface area contributed by atoms with Crippen LogP contribution in [0.3, 0.4) is 0 Å². The van der Waals surface area contributed by atoms with E-state index in [0.717, 1.165) is 11.8 Å². The molecule has 1 saturated carbocycles. The topological polar surface area (TPSA) is 0 Å². The SMILES string of the molecule is CC.CC(C)(C)C1CCC(C(C)(C)C)CC1. The minimum absolute atomic E-state index is 0.531. The van der Waals surface area contributed by atoms with Gasteiger partial charge in [0.2, 0.25) is 0 Å². The first-order valence-corrected chi connectivity index (χ1v) is 7.21. The van der Waals surface area contributed by atoms with E-state index in [1.807, 2.05) is 13.8 Å². The van der Waals surface area contributed by atoms with Gasteiger partial charge in [-0.25, -0.2) is 0 Å². The maximum atomic E-state index is 2.40. The Hall–Kier alpha value is 0. The summed E-state index contributed by atoms with van der Waals surface area (Å²) in [5.41, 5.74) is 1.06. The van der Waals surface area contributed by atoms with Crippen LogP contribution in [0.5, 0.6) is 0 Å². The van der Waals surface area contributed by atoms with Gasteiger partial charge >= 0.3 is 0 Å². The Morgan fingerprint density at radius 1 is 0.562 bits per heavy atom. The number of hydrogen-bond donors (Lipinski definition) is 0. The molecule has 0 heteroatoms. The lowest BCUT2D eigenvalue weighted by atomic mass is 9.64. The zero-order valence-electron chi connectivity index (χ0n) is 13.0. The van der Waals surface area contributed by atoms with Crippen LogP contribution in [0.2, 0.25) is 0 Å². The van der Waals surface area contributed by atoms with Gasteiger partial charge in [-0.05, 0) is 48.3 Å². The molecule has 0 spiro atoms. The molecule has 0 atom stereocenters. The smallest absolute Gasteiger partial charge is 0.0354 e. The van der Waals surface area contributed by atoms with Gasteiger partial charge in [0, 0.05) is 0 Å². The van der Waals surface area contributed by atoms with Crippen molar-refractivity contribution in [2.24, 2.45) is 22.7 Å². The predicted octanol–water partition coefficient (Wildman–Crippen LogP) is 5.91. The van der Waals surface area contributed by atoms with E-state index in [9.17, 15) is 0 Å². The van der Waals surface area contributed by atoms with Crippen LogP contribution in [0.25, 0.3) is 0 Å². The van der Waals surface area contributed by atoms with E-state index < -0.39 is 0 Å². The van der Waals surface area contributed by atoms with E-state index in [4.69, 9.17) is 0 Å². The van der Waals surface area contributed by atoms with Gasteiger partial charge in [-0.1, -0.05) is 55.4 Å². The van der Waals surface area contributed by atoms with E-state index in [0.29, 0.717) is 10.8 Å². The van der Waals surface area contributed by atoms with Crippen LogP contribution < -0.4 is 0 Å². The van der Waals surface area contributed by atoms with Crippen molar-refractivity contribution in [2.75, 3.05) is 0 Å². The van der Waals surface area contributed by atoms with Crippen LogP contribution in [-0.4, -0.2) is 0 Å². The van der Waals surface area contributed by atoms with Crippen LogP contribution >= 0.6 is 0 Å². The van der Waals surface area contributed by atoms with Gasteiger partial charge in [-0.3, -0.25) is 0 Å². The highest BCUT2D eigenvalue weighted by molar-refractivity contribution is 4.84. The molecule has 0 heterocycles. The van der Waals surface area contributed by atoms with Crippen molar-refractivity contribution in [3.63, 3.8) is 0 Å². The van der Waals surface area contributed by atoms with Crippen LogP contribution in [0, 0.1) is 22.7 Å². The molecular formula is C16H34. The monoisotopic (exact) mass is 226 g/mol. The minimum Gasteiger partial charge on any atom is -0.0683 e. The summed E-state index contributed by atoms with van der Waals surface area (Å²) in [5.74, 6) is 1.92. The minimum atomic E-state index is 0.531. The van der Waals surface area contributed by atoms with Gasteiger partial charge in [0.05, 0.1) is 0 Å². The van der Waals surface area contributed by atoms with Gasteiger partial charge in [-0.2, -0.15) is 0 Å². The molecule has 1 rings (SSSR count). The second-order valence-electron chi connectivity index (χ2n) is 7.28. The molecule has 0 aromatic carbocycles. The Balaban J connectivity index is 0.00000106. The van der Waals surface area contributed by atoms with E-state index in [1.54, 1.807) is 0 Å². The Kier molecular flexibility index (Phi) is 6.07. The van der Waals surface area contributed by atoms with Crippen molar-refractivity contribution < 1.29 is 0 Å². The third-order valence-electron chi connectivity index (χ3n) is 4.18. The Bertz CT molecular complexity index is 147. The molecule has 0 aromatic heterocycles. The molecule has 1 aliphatic rings. The van der Waals surface area contributed by atoms with Crippen LogP contribution in [-0.2, 0) is 0 Å². The molecule has 0 amide bonds. The van der Waals surface area contributed by atoms with E-state index in [1.165, 1.54) is 25.7 Å². The molecule has 0 bridgehead atoms. The summed E-state index contributed by atoms with van der Waals surface area (Å²) >= 11 is 0. The summed E-state index contributed by atoms with van der Waals surface area (Å²) in [4.78, 5) is 0. The predicted molar refractivity (Wildman–Crippen MR) is 75.7 cm³/mol. The third kappa shape index (κ3) is 4.89. The summed E-state index contributed by atoms with van der Waals surface area (Å²) in [6, 6.07) is 0. The molecule has 0 saturated heterocycles. The first kappa shape index (κ1) is 16.0. The maximum Gasteiger partial charge on any atom is -0.0354 e. The molecule has 0 N–H and O–H groups in total. The average Bonchev–Trinajstić information content (AvgIpc) is 2.18. The molecule has 0 aliphatic heterocycles. The standard InChI is InChI=1S/C14H28.C2H6/c1-13(2,3)11-7-9-12(10-8-11)14(4,5)6;1-2/h11-12H,7-10H2,1-6H3;1-2H3. The number of hydrogen-bond acceptors (Lipinski definition) is 0. The summed E-state index contributed by atoms with van der Waals surface area (Å²) in [6.07, 6.45) is 5.80. The lowest BCUT2D eigenvalue weighted by molar-refractivity contribution is 0.0970. The van der Waals surface area contributed by atoms with Gasteiger partial charge in [0.1, 0.15) is 0 Å². The second-order valence-corrected chi connectivity index (χ2v) is 7.28. The normalized spacial score (nSPS) is 27.0. The molecule has 0 aromatic rings. The maximum absolute atomic E-state index is 2.40. The third-order valence-corrected chi connectivity index (χ3v) is 4.18. The zero-order chi connectivity index (χ0) is 13.0. The van der Waals surface area contributed by atoms with Crippen LogP contribution in [0.15, 0.2) is 0 Å². The van der Waals surface area contributed by atoms with Crippen molar-refractivity contribution in [1.82, 2.24) is 0 Å². The van der Waals surface area contributed by atoms with E-state index in [-0.39, 0.29) is 0 Å². The first-order valence-electron chi connectivity index (χ1n) is 7.21. The molecule has 1 aliphatic carbocycles. The fourth-order valence-corrected chi connectivity index (χ4v) is 2.83. The highest BCUT2D eigenvalue weighted by Crippen LogP contribution is 2.44. The highest BCUT2D eigenvalue weighted by atomic mass is 14.4.